The fraction of sp³-hybridized carbons (Fsp3) is 0.393. The molecule has 1 unspecified atom stereocenters. The molecule has 208 valence electrons. The lowest BCUT2D eigenvalue weighted by molar-refractivity contribution is -0.190. The van der Waals surface area contributed by atoms with Gasteiger partial charge in [0.1, 0.15) is 0 Å². The van der Waals surface area contributed by atoms with Gasteiger partial charge in [-0.1, -0.05) is 50.2 Å². The number of amides is 2. The number of aryl methyl sites for hydroxylation is 1. The molecule has 1 atom stereocenters. The van der Waals surface area contributed by atoms with E-state index in [4.69, 9.17) is 0 Å². The van der Waals surface area contributed by atoms with Crippen molar-refractivity contribution in [2.75, 3.05) is 6.54 Å². The highest BCUT2D eigenvalue weighted by atomic mass is 19.4. The van der Waals surface area contributed by atoms with Crippen molar-refractivity contribution in [2.24, 2.45) is 5.41 Å². The number of rotatable bonds is 6. The second-order valence-corrected chi connectivity index (χ2v) is 10.6. The lowest BCUT2D eigenvalue weighted by Gasteiger charge is -2.35. The van der Waals surface area contributed by atoms with E-state index >= 15 is 0 Å². The lowest BCUT2D eigenvalue weighted by Crippen LogP contribution is -2.66. The molecular weight excluding hydrogens is 526 g/mol. The van der Waals surface area contributed by atoms with Crippen LogP contribution >= 0.6 is 0 Å². The Hall–Kier alpha value is -3.63. The maximum Gasteiger partial charge on any atom is 0.425 e. The van der Waals surface area contributed by atoms with E-state index in [0.717, 1.165) is 22.6 Å². The van der Waals surface area contributed by atoms with Crippen molar-refractivity contribution >= 4 is 17.6 Å². The van der Waals surface area contributed by atoms with Crippen LogP contribution in [0.5, 0.6) is 0 Å². The third-order valence-corrected chi connectivity index (χ3v) is 6.99. The number of Topliss-reactive ketones (excluding diaryl/α,β-unsaturated/α-hetero) is 1. The van der Waals surface area contributed by atoms with E-state index in [0.29, 0.717) is 18.6 Å². The lowest BCUT2D eigenvalue weighted by atomic mass is 9.72. The van der Waals surface area contributed by atoms with E-state index in [2.05, 4.69) is 0 Å². The van der Waals surface area contributed by atoms with Crippen LogP contribution in [0.1, 0.15) is 54.6 Å². The second-order valence-electron chi connectivity index (χ2n) is 10.6. The van der Waals surface area contributed by atoms with Gasteiger partial charge in [0, 0.05) is 24.2 Å². The standard InChI is InChI=1S/C28H26F6N2O3/c1-25(2)15-20-22(21(37)16-25)26(28(32,33)34,24(39)36(20)13-7-10-17-8-4-3-5-9-17)35-23(38)18-11-6-12-19(14-18)27(29,30)31/h3-6,8-9,11-12,14H,7,10,13,15-16H2,1-2H3,(H,35,38). The molecule has 11 heteroatoms. The van der Waals surface area contributed by atoms with Crippen molar-refractivity contribution in [1.29, 1.82) is 0 Å². The first-order chi connectivity index (χ1) is 18.1. The largest absolute Gasteiger partial charge is 0.425 e. The molecule has 0 aromatic heterocycles. The van der Waals surface area contributed by atoms with Crippen LogP contribution in [0.25, 0.3) is 0 Å². The summed E-state index contributed by atoms with van der Waals surface area (Å²) in [4.78, 5) is 40.8. The van der Waals surface area contributed by atoms with Crippen LogP contribution in [0.3, 0.4) is 0 Å². The average Bonchev–Trinajstić information content (AvgIpc) is 3.06. The summed E-state index contributed by atoms with van der Waals surface area (Å²) >= 11 is 0. The predicted octanol–water partition coefficient (Wildman–Crippen LogP) is 5.85. The van der Waals surface area contributed by atoms with Crippen LogP contribution in [0.2, 0.25) is 0 Å². The van der Waals surface area contributed by atoms with E-state index < -0.39 is 57.6 Å². The smallest absolute Gasteiger partial charge is 0.326 e. The zero-order chi connectivity index (χ0) is 28.8. The molecule has 5 nitrogen and oxygen atoms in total. The number of hydrogen-bond acceptors (Lipinski definition) is 3. The Balaban J connectivity index is 1.75. The van der Waals surface area contributed by atoms with Gasteiger partial charge in [-0.25, -0.2) is 0 Å². The molecule has 2 aliphatic rings. The van der Waals surface area contributed by atoms with Crippen molar-refractivity contribution in [1.82, 2.24) is 10.2 Å². The van der Waals surface area contributed by atoms with Crippen LogP contribution in [-0.4, -0.2) is 40.8 Å². The molecule has 2 amide bonds. The molecule has 1 aliphatic heterocycles. The molecule has 1 heterocycles. The van der Waals surface area contributed by atoms with Crippen LogP contribution < -0.4 is 5.32 Å². The van der Waals surface area contributed by atoms with Crippen LogP contribution in [0.4, 0.5) is 26.3 Å². The minimum atomic E-state index is -5.45. The van der Waals surface area contributed by atoms with Gasteiger partial charge >= 0.3 is 12.4 Å². The number of carbonyl (C=O) groups excluding carboxylic acids is 3. The van der Waals surface area contributed by atoms with Crippen LogP contribution in [-0.2, 0) is 22.2 Å². The fourth-order valence-corrected chi connectivity index (χ4v) is 5.23. The van der Waals surface area contributed by atoms with Gasteiger partial charge in [-0.2, -0.15) is 26.3 Å². The van der Waals surface area contributed by atoms with E-state index in [1.165, 1.54) is 0 Å². The van der Waals surface area contributed by atoms with Gasteiger partial charge < -0.3 is 10.2 Å². The molecular formula is C28H26F6N2O3. The Kier molecular flexibility index (Phi) is 7.16. The average molecular weight is 553 g/mol. The quantitative estimate of drug-likeness (QED) is 0.457. The molecule has 2 aromatic carbocycles. The van der Waals surface area contributed by atoms with E-state index in [1.54, 1.807) is 31.3 Å². The molecule has 0 bridgehead atoms. The number of benzene rings is 2. The molecule has 0 saturated carbocycles. The number of nitrogens with one attached hydrogen (secondary N) is 1. The molecule has 0 saturated heterocycles. The topological polar surface area (TPSA) is 66.5 Å². The zero-order valence-corrected chi connectivity index (χ0v) is 21.2. The van der Waals surface area contributed by atoms with Gasteiger partial charge in [0.05, 0.1) is 11.1 Å². The first-order valence-corrected chi connectivity index (χ1v) is 12.3. The summed E-state index contributed by atoms with van der Waals surface area (Å²) in [7, 11) is 0. The van der Waals surface area contributed by atoms with Gasteiger partial charge in [0.25, 0.3) is 11.8 Å². The third-order valence-electron chi connectivity index (χ3n) is 6.99. The highest BCUT2D eigenvalue weighted by Crippen LogP contribution is 2.51. The summed E-state index contributed by atoms with van der Waals surface area (Å²) in [5.74, 6) is -4.04. The fourth-order valence-electron chi connectivity index (χ4n) is 5.23. The maximum absolute atomic E-state index is 14.9. The number of allylic oxidation sites excluding steroid dienone is 1. The molecule has 39 heavy (non-hydrogen) atoms. The molecule has 0 fully saturated rings. The first kappa shape index (κ1) is 28.4. The number of alkyl halides is 6. The Bertz CT molecular complexity index is 1330. The van der Waals surface area contributed by atoms with Gasteiger partial charge in [-0.3, -0.25) is 14.4 Å². The van der Waals surface area contributed by atoms with Gasteiger partial charge in [0.2, 0.25) is 5.54 Å². The minimum absolute atomic E-state index is 0.0254. The Morgan fingerprint density at radius 2 is 1.62 bits per heavy atom. The molecule has 1 aliphatic carbocycles. The van der Waals surface area contributed by atoms with Gasteiger partial charge in [-0.05, 0) is 48.4 Å². The zero-order valence-electron chi connectivity index (χ0n) is 21.2. The third kappa shape index (κ3) is 5.31. The second kappa shape index (κ2) is 9.84. The Morgan fingerprint density at radius 3 is 2.23 bits per heavy atom. The van der Waals surface area contributed by atoms with Gasteiger partial charge in [0.15, 0.2) is 5.78 Å². The number of halogens is 6. The highest BCUT2D eigenvalue weighted by molar-refractivity contribution is 6.14. The van der Waals surface area contributed by atoms with E-state index in [9.17, 15) is 40.7 Å². The number of hydrogen-bond donors (Lipinski definition) is 1. The van der Waals surface area contributed by atoms with Crippen molar-refractivity contribution < 1.29 is 40.7 Å². The van der Waals surface area contributed by atoms with E-state index in [-0.39, 0.29) is 31.5 Å². The summed E-state index contributed by atoms with van der Waals surface area (Å²) in [5, 5.41) is 1.67. The number of ketones is 1. The Labute approximate surface area is 220 Å². The monoisotopic (exact) mass is 552 g/mol. The predicted molar refractivity (Wildman–Crippen MR) is 129 cm³/mol. The highest BCUT2D eigenvalue weighted by Gasteiger charge is 2.71. The summed E-state index contributed by atoms with van der Waals surface area (Å²) in [5.41, 5.74) is -6.51. The number of nitrogens with zero attached hydrogens (tertiary/aromatic N) is 1. The minimum Gasteiger partial charge on any atom is -0.326 e. The van der Waals surface area contributed by atoms with Crippen molar-refractivity contribution in [2.45, 2.75) is 57.4 Å². The molecule has 4 rings (SSSR count). The molecule has 0 radical (unpaired) electrons. The van der Waals surface area contributed by atoms with E-state index in [1.807, 2.05) is 18.2 Å². The SMILES string of the molecule is CC1(C)CC(=O)C2=C(C1)N(CCCc1ccccc1)C(=O)C2(NC(=O)c1cccc(C(F)(F)F)c1)C(F)(F)F. The van der Waals surface area contributed by atoms with Crippen molar-refractivity contribution in [3.8, 4) is 0 Å². The first-order valence-electron chi connectivity index (χ1n) is 12.3. The maximum atomic E-state index is 14.9. The van der Waals surface area contributed by atoms with Crippen LogP contribution in [0.15, 0.2) is 65.9 Å². The molecule has 1 N–H and O–H groups in total. The van der Waals surface area contributed by atoms with Crippen molar-refractivity contribution in [3.63, 3.8) is 0 Å². The summed E-state index contributed by atoms with van der Waals surface area (Å²) in [6, 6.07) is 11.9. The molecule has 0 spiro atoms. The molecule has 2 aromatic rings. The van der Waals surface area contributed by atoms with Crippen LogP contribution in [0, 0.1) is 5.41 Å². The van der Waals surface area contributed by atoms with Gasteiger partial charge in [-0.15, -0.1) is 0 Å². The summed E-state index contributed by atoms with van der Waals surface area (Å²) in [6.45, 7) is 3.24. The number of carbonyl (C=O) groups is 3. The van der Waals surface area contributed by atoms with Crippen molar-refractivity contribution in [3.05, 3.63) is 82.6 Å². The normalized spacial score (nSPS) is 21.3. The summed E-state index contributed by atoms with van der Waals surface area (Å²) in [6.07, 6.45) is -9.90. The Morgan fingerprint density at radius 1 is 0.949 bits per heavy atom. The summed E-state index contributed by atoms with van der Waals surface area (Å²) < 4.78 is 84.2.